The normalized spacial score (nSPS) is 14.8. The molecule has 5 rings (SSSR count). The van der Waals surface area contributed by atoms with Gasteiger partial charge in [-0.15, -0.1) is 0 Å². The van der Waals surface area contributed by atoms with Gasteiger partial charge in [0.25, 0.3) is 0 Å². The Kier molecular flexibility index (Phi) is 5.50. The number of anilines is 1. The first-order valence-electron chi connectivity index (χ1n) is 10.6. The fourth-order valence-electron chi connectivity index (χ4n) is 3.99. The van der Waals surface area contributed by atoms with E-state index in [1.807, 2.05) is 4.57 Å². The molecule has 164 valence electrons. The van der Waals surface area contributed by atoms with Crippen LogP contribution in [0.15, 0.2) is 42.7 Å². The van der Waals surface area contributed by atoms with E-state index < -0.39 is 5.82 Å². The average molecular weight is 433 g/mol. The summed E-state index contributed by atoms with van der Waals surface area (Å²) in [5, 5.41) is 0. The minimum absolute atomic E-state index is 0.303. The van der Waals surface area contributed by atoms with Crippen LogP contribution in [0.2, 0.25) is 0 Å². The second kappa shape index (κ2) is 8.60. The number of ether oxygens (including phenoxy) is 1. The third-order valence-corrected chi connectivity index (χ3v) is 5.57. The summed E-state index contributed by atoms with van der Waals surface area (Å²) in [6.07, 6.45) is 2.75. The topological polar surface area (TPSA) is 95.0 Å². The van der Waals surface area contributed by atoms with Crippen molar-refractivity contribution in [3.05, 3.63) is 65.5 Å². The number of aryl methyl sites for hydroxylation is 1. The lowest BCUT2D eigenvalue weighted by atomic mass is 10.1. The van der Waals surface area contributed by atoms with Gasteiger partial charge in [-0.05, 0) is 24.1 Å². The van der Waals surface area contributed by atoms with E-state index in [9.17, 15) is 4.39 Å². The first-order valence-corrected chi connectivity index (χ1v) is 10.6. The summed E-state index contributed by atoms with van der Waals surface area (Å²) >= 11 is 0. The standard InChI is InChI=1S/C23H24FN7O/c1-15-27-21(25)20-23(28-15)31(22(29-20)18-10-19(24)12-26-11-18)14-17-4-2-16(3-5-17)13-30-6-8-32-9-7-30/h2-5,10-12H,6-9,13-14H2,1H3,(H2,25,27,28). The number of hydrogen-bond donors (Lipinski definition) is 1. The van der Waals surface area contributed by atoms with Crippen molar-refractivity contribution in [2.45, 2.75) is 20.0 Å². The van der Waals surface area contributed by atoms with E-state index in [0.29, 0.717) is 40.7 Å². The fraction of sp³-hybridized carbons (Fsp3) is 0.304. The van der Waals surface area contributed by atoms with Gasteiger partial charge in [-0.1, -0.05) is 24.3 Å². The molecule has 0 saturated carbocycles. The number of aromatic nitrogens is 5. The van der Waals surface area contributed by atoms with Crippen molar-refractivity contribution in [2.75, 3.05) is 32.0 Å². The number of benzene rings is 1. The Morgan fingerprint density at radius 2 is 1.72 bits per heavy atom. The Balaban J connectivity index is 1.49. The van der Waals surface area contributed by atoms with Crippen LogP contribution in [-0.4, -0.2) is 55.7 Å². The van der Waals surface area contributed by atoms with Gasteiger partial charge in [0.15, 0.2) is 17.0 Å². The van der Waals surface area contributed by atoms with E-state index in [0.717, 1.165) is 38.4 Å². The number of imidazole rings is 1. The van der Waals surface area contributed by atoms with E-state index in [1.165, 1.54) is 17.8 Å². The minimum Gasteiger partial charge on any atom is -0.382 e. The maximum Gasteiger partial charge on any atom is 0.166 e. The van der Waals surface area contributed by atoms with Gasteiger partial charge in [0.2, 0.25) is 0 Å². The molecular formula is C23H24FN7O. The van der Waals surface area contributed by atoms with Crippen molar-refractivity contribution in [3.8, 4) is 11.4 Å². The lowest BCUT2D eigenvalue weighted by Crippen LogP contribution is -2.35. The van der Waals surface area contributed by atoms with E-state index in [1.54, 1.807) is 13.1 Å². The molecular weight excluding hydrogens is 409 g/mol. The van der Waals surface area contributed by atoms with E-state index in [-0.39, 0.29) is 0 Å². The third-order valence-electron chi connectivity index (χ3n) is 5.57. The van der Waals surface area contributed by atoms with Gasteiger partial charge >= 0.3 is 0 Å². The van der Waals surface area contributed by atoms with Crippen LogP contribution in [0, 0.1) is 12.7 Å². The molecule has 1 saturated heterocycles. The number of nitrogens with zero attached hydrogens (tertiary/aromatic N) is 6. The van der Waals surface area contributed by atoms with E-state index in [2.05, 4.69) is 49.1 Å². The summed E-state index contributed by atoms with van der Waals surface area (Å²) in [6.45, 7) is 6.68. The molecule has 9 heteroatoms. The van der Waals surface area contributed by atoms with Crippen molar-refractivity contribution < 1.29 is 9.13 Å². The highest BCUT2D eigenvalue weighted by Crippen LogP contribution is 2.27. The molecule has 32 heavy (non-hydrogen) atoms. The Bertz CT molecular complexity index is 1250. The molecule has 2 N–H and O–H groups in total. The van der Waals surface area contributed by atoms with Crippen molar-refractivity contribution in [1.29, 1.82) is 0 Å². The number of nitrogens with two attached hydrogens (primary N) is 1. The lowest BCUT2D eigenvalue weighted by molar-refractivity contribution is 0.0342. The lowest BCUT2D eigenvalue weighted by Gasteiger charge is -2.26. The van der Waals surface area contributed by atoms with E-state index in [4.69, 9.17) is 10.5 Å². The highest BCUT2D eigenvalue weighted by molar-refractivity contribution is 5.85. The zero-order valence-electron chi connectivity index (χ0n) is 17.8. The quantitative estimate of drug-likeness (QED) is 0.517. The Hall–Kier alpha value is -3.43. The van der Waals surface area contributed by atoms with Crippen molar-refractivity contribution in [2.24, 2.45) is 0 Å². The number of rotatable bonds is 5. The number of fused-ring (bicyclic) bond motifs is 1. The van der Waals surface area contributed by atoms with Crippen molar-refractivity contribution >= 4 is 17.0 Å². The minimum atomic E-state index is -0.427. The van der Waals surface area contributed by atoms with Gasteiger partial charge in [0, 0.05) is 31.4 Å². The molecule has 8 nitrogen and oxygen atoms in total. The fourth-order valence-corrected chi connectivity index (χ4v) is 3.99. The van der Waals surface area contributed by atoms with Crippen LogP contribution in [0.5, 0.6) is 0 Å². The van der Waals surface area contributed by atoms with Crippen LogP contribution in [-0.2, 0) is 17.8 Å². The van der Waals surface area contributed by atoms with Crippen molar-refractivity contribution in [1.82, 2.24) is 29.4 Å². The average Bonchev–Trinajstić information content (AvgIpc) is 3.14. The molecule has 0 atom stereocenters. The smallest absolute Gasteiger partial charge is 0.166 e. The van der Waals surface area contributed by atoms with Crippen LogP contribution in [0.4, 0.5) is 10.2 Å². The second-order valence-electron chi connectivity index (χ2n) is 7.95. The van der Waals surface area contributed by atoms with Crippen LogP contribution in [0.3, 0.4) is 0 Å². The summed E-state index contributed by atoms with van der Waals surface area (Å²) in [4.78, 5) is 19.8. The van der Waals surface area contributed by atoms with Crippen LogP contribution >= 0.6 is 0 Å². The molecule has 0 bridgehead atoms. The van der Waals surface area contributed by atoms with Gasteiger partial charge in [-0.25, -0.2) is 19.3 Å². The molecule has 0 amide bonds. The predicted molar refractivity (Wildman–Crippen MR) is 119 cm³/mol. The van der Waals surface area contributed by atoms with Crippen LogP contribution < -0.4 is 5.73 Å². The van der Waals surface area contributed by atoms with Gasteiger partial charge in [-0.3, -0.25) is 9.88 Å². The van der Waals surface area contributed by atoms with Gasteiger partial charge in [0.1, 0.15) is 17.5 Å². The molecule has 0 aliphatic carbocycles. The van der Waals surface area contributed by atoms with Gasteiger partial charge in [-0.2, -0.15) is 0 Å². The number of halogens is 1. The predicted octanol–water partition coefficient (Wildman–Crippen LogP) is 2.80. The maximum absolute atomic E-state index is 13.9. The number of nitrogen functional groups attached to an aromatic ring is 1. The molecule has 1 aliphatic rings. The van der Waals surface area contributed by atoms with Crippen LogP contribution in [0.1, 0.15) is 17.0 Å². The molecule has 1 aromatic carbocycles. The first kappa shape index (κ1) is 20.5. The zero-order valence-corrected chi connectivity index (χ0v) is 17.8. The highest BCUT2D eigenvalue weighted by Gasteiger charge is 2.18. The molecule has 0 unspecified atom stereocenters. The number of hydrogen-bond acceptors (Lipinski definition) is 7. The van der Waals surface area contributed by atoms with E-state index >= 15 is 0 Å². The molecule has 1 aliphatic heterocycles. The molecule has 1 fully saturated rings. The van der Waals surface area contributed by atoms with Gasteiger partial charge in [0.05, 0.1) is 26.0 Å². The zero-order chi connectivity index (χ0) is 22.1. The number of morpholine rings is 1. The number of pyridine rings is 1. The Morgan fingerprint density at radius 1 is 1.00 bits per heavy atom. The largest absolute Gasteiger partial charge is 0.382 e. The van der Waals surface area contributed by atoms with Gasteiger partial charge < -0.3 is 15.0 Å². The first-order chi connectivity index (χ1) is 15.6. The molecule has 4 heterocycles. The monoisotopic (exact) mass is 433 g/mol. The molecule has 3 aromatic heterocycles. The maximum atomic E-state index is 13.9. The summed E-state index contributed by atoms with van der Waals surface area (Å²) < 4.78 is 21.2. The molecule has 0 radical (unpaired) electrons. The van der Waals surface area contributed by atoms with Crippen molar-refractivity contribution in [3.63, 3.8) is 0 Å². The highest BCUT2D eigenvalue weighted by atomic mass is 19.1. The Morgan fingerprint density at radius 3 is 2.44 bits per heavy atom. The summed E-state index contributed by atoms with van der Waals surface area (Å²) in [5.74, 6) is 0.985. The summed E-state index contributed by atoms with van der Waals surface area (Å²) in [5.41, 5.74) is 10.1. The summed E-state index contributed by atoms with van der Waals surface area (Å²) in [6, 6.07) is 9.90. The molecule has 4 aromatic rings. The molecule has 0 spiro atoms. The second-order valence-corrected chi connectivity index (χ2v) is 7.95. The SMILES string of the molecule is Cc1nc(N)c2nc(-c3cncc(F)c3)n(Cc3ccc(CN4CCOCC4)cc3)c2n1. The third kappa shape index (κ3) is 4.17. The Labute approximate surface area is 184 Å². The van der Waals surface area contributed by atoms with Crippen LogP contribution in [0.25, 0.3) is 22.6 Å². The summed E-state index contributed by atoms with van der Waals surface area (Å²) in [7, 11) is 0.